The largest absolute Gasteiger partial charge is 0.481 e. The Morgan fingerprint density at radius 3 is 2.48 bits per heavy atom. The first kappa shape index (κ1) is 34.2. The van der Waals surface area contributed by atoms with Gasteiger partial charge in [-0.15, -0.1) is 0 Å². The third kappa shape index (κ3) is 7.20. The smallest absolute Gasteiger partial charge is 0.303 e. The van der Waals surface area contributed by atoms with Crippen LogP contribution in [-0.4, -0.2) is 71.6 Å². The second-order valence-electron chi connectivity index (χ2n) is 13.6. The van der Waals surface area contributed by atoms with Crippen LogP contribution in [0.2, 0.25) is 0 Å². The lowest BCUT2D eigenvalue weighted by Crippen LogP contribution is -2.28. The summed E-state index contributed by atoms with van der Waals surface area (Å²) >= 11 is 1.59. The number of hydrogen-bond acceptors (Lipinski definition) is 6. The van der Waals surface area contributed by atoms with E-state index in [1.54, 1.807) is 11.9 Å². The van der Waals surface area contributed by atoms with E-state index in [0.29, 0.717) is 25.9 Å². The van der Waals surface area contributed by atoms with Gasteiger partial charge in [0, 0.05) is 58.9 Å². The maximum Gasteiger partial charge on any atom is 0.303 e. The maximum atomic E-state index is 11.6. The van der Waals surface area contributed by atoms with Crippen LogP contribution in [0, 0.1) is 0 Å². The van der Waals surface area contributed by atoms with Gasteiger partial charge in [-0.05, 0) is 99.5 Å². The molecule has 2 aromatic carbocycles. The van der Waals surface area contributed by atoms with Crippen LogP contribution in [0.1, 0.15) is 70.9 Å². The van der Waals surface area contributed by atoms with Gasteiger partial charge in [-0.1, -0.05) is 38.1 Å². The summed E-state index contributed by atoms with van der Waals surface area (Å²) in [5.74, 6) is -1.08. The number of fused-ring (bicyclic) bond motifs is 2. The monoisotopic (exact) mass is 664 g/mol. The van der Waals surface area contributed by atoms with Gasteiger partial charge in [-0.3, -0.25) is 9.35 Å². The number of carboxylic acid groups (broad SMARTS) is 1. The predicted octanol–water partition coefficient (Wildman–Crippen LogP) is 7.10. The lowest BCUT2D eigenvalue weighted by Gasteiger charge is -2.27. The molecule has 2 aliphatic heterocycles. The van der Waals surface area contributed by atoms with Crippen molar-refractivity contribution in [2.24, 2.45) is 0 Å². The van der Waals surface area contributed by atoms with Gasteiger partial charge in [-0.25, -0.2) is 4.31 Å². The Balaban J connectivity index is 1.44. The SMILES string of the molecule is CN(CCCC(=O)O)Sc1ccc2c(c1)C(C)(C)C(=CC1=CC(=CC3=[N+](C)c4ccccc4C3(C)C)CC1)N2CCCS(=O)(=O)O. The van der Waals surface area contributed by atoms with Crippen LogP contribution in [0.15, 0.2) is 82.4 Å². The van der Waals surface area contributed by atoms with Gasteiger partial charge >= 0.3 is 5.97 Å². The van der Waals surface area contributed by atoms with Crippen molar-refractivity contribution in [1.82, 2.24) is 4.31 Å². The fourth-order valence-electron chi connectivity index (χ4n) is 7.00. The molecule has 0 saturated carbocycles. The minimum atomic E-state index is -4.06. The molecular weight excluding hydrogens is 619 g/mol. The highest BCUT2D eigenvalue weighted by atomic mass is 32.2. The zero-order valence-corrected chi connectivity index (χ0v) is 29.3. The van der Waals surface area contributed by atoms with Crippen molar-refractivity contribution in [3.63, 3.8) is 0 Å². The summed E-state index contributed by atoms with van der Waals surface area (Å²) in [5, 5.41) is 8.99. The summed E-state index contributed by atoms with van der Waals surface area (Å²) in [4.78, 5) is 14.2. The number of benzene rings is 2. The molecule has 0 aromatic heterocycles. The standard InChI is InChI=1S/C36H45N3O5S2/c1-35(2)28-11-7-8-12-30(28)38(6)32(35)22-25-14-15-26(21-25)23-33-36(3,4)29-24-27(45-37(5)18-9-13-34(40)41)16-17-31(29)39(33)19-10-20-46(42,43)44/h7-8,11-12,16-17,21-24H,9-10,13-15,18-20H2,1-6H3,(H-,40,41,42,43,44)/p+1. The Morgan fingerprint density at radius 2 is 1.78 bits per heavy atom. The van der Waals surface area contributed by atoms with E-state index in [1.165, 1.54) is 28.1 Å². The van der Waals surface area contributed by atoms with E-state index in [9.17, 15) is 17.8 Å². The van der Waals surface area contributed by atoms with E-state index >= 15 is 0 Å². The van der Waals surface area contributed by atoms with Crippen LogP contribution in [0.5, 0.6) is 0 Å². The van der Waals surface area contributed by atoms with Crippen molar-refractivity contribution in [2.45, 2.75) is 75.5 Å². The first-order chi connectivity index (χ1) is 21.6. The maximum absolute atomic E-state index is 11.6. The molecule has 0 atom stereocenters. The van der Waals surface area contributed by atoms with E-state index in [-0.39, 0.29) is 23.0 Å². The molecule has 0 radical (unpaired) electrons. The molecule has 1 aliphatic carbocycles. The third-order valence-electron chi connectivity index (χ3n) is 9.43. The molecule has 3 aliphatic rings. The van der Waals surface area contributed by atoms with Gasteiger partial charge in [0.2, 0.25) is 5.69 Å². The third-order valence-corrected chi connectivity index (χ3v) is 11.2. The Hall–Kier alpha value is -3.18. The number of nitrogens with zero attached hydrogens (tertiary/aromatic N) is 3. The zero-order valence-electron chi connectivity index (χ0n) is 27.7. The van der Waals surface area contributed by atoms with Gasteiger partial charge in [0.15, 0.2) is 5.71 Å². The molecule has 0 bridgehead atoms. The number of aliphatic carboxylic acids is 1. The molecule has 10 heteroatoms. The number of anilines is 1. The molecule has 0 saturated heterocycles. The average Bonchev–Trinajstić information content (AvgIpc) is 3.56. The normalized spacial score (nSPS) is 20.2. The van der Waals surface area contributed by atoms with Crippen molar-refractivity contribution >= 4 is 45.1 Å². The Kier molecular flexibility index (Phi) is 9.76. The summed E-state index contributed by atoms with van der Waals surface area (Å²) in [6.45, 7) is 10.1. The van der Waals surface area contributed by atoms with Crippen molar-refractivity contribution in [2.75, 3.05) is 37.8 Å². The van der Waals surface area contributed by atoms with E-state index < -0.39 is 16.1 Å². The number of allylic oxidation sites excluding steroid dienone is 6. The van der Waals surface area contributed by atoms with Crippen LogP contribution < -0.4 is 4.90 Å². The molecule has 2 heterocycles. The summed E-state index contributed by atoms with van der Waals surface area (Å²) in [6, 6.07) is 15.0. The Morgan fingerprint density at radius 1 is 1.04 bits per heavy atom. The van der Waals surface area contributed by atoms with Crippen molar-refractivity contribution in [1.29, 1.82) is 0 Å². The molecule has 246 valence electrons. The summed E-state index contributed by atoms with van der Waals surface area (Å²) in [5.41, 5.74) is 9.29. The van der Waals surface area contributed by atoms with Gasteiger partial charge in [0.1, 0.15) is 7.05 Å². The quantitative estimate of drug-likeness (QED) is 0.141. The molecule has 2 N–H and O–H groups in total. The highest BCUT2D eigenvalue weighted by Gasteiger charge is 2.43. The fourth-order valence-corrected chi connectivity index (χ4v) is 8.38. The van der Waals surface area contributed by atoms with E-state index in [2.05, 4.69) is 109 Å². The minimum absolute atomic E-state index is 0.0909. The Labute approximate surface area is 278 Å². The van der Waals surface area contributed by atoms with Gasteiger partial charge in [0.05, 0.1) is 11.2 Å². The molecule has 0 unspecified atom stereocenters. The lowest BCUT2D eigenvalue weighted by atomic mass is 9.81. The first-order valence-corrected chi connectivity index (χ1v) is 18.3. The van der Waals surface area contributed by atoms with E-state index in [0.717, 1.165) is 34.7 Å². The fraction of sp³-hybridized carbons (Fsp3) is 0.444. The average molecular weight is 665 g/mol. The molecular formula is C36H46N3O5S2+. The van der Waals surface area contributed by atoms with Crippen molar-refractivity contribution in [3.05, 3.63) is 88.7 Å². The summed E-state index contributed by atoms with van der Waals surface area (Å²) in [6.07, 6.45) is 9.83. The molecule has 5 rings (SSSR count). The second kappa shape index (κ2) is 13.1. The van der Waals surface area contributed by atoms with E-state index in [1.807, 2.05) is 7.05 Å². The number of para-hydroxylation sites is 1. The molecule has 0 amide bonds. The van der Waals surface area contributed by atoms with Crippen molar-refractivity contribution in [3.8, 4) is 0 Å². The van der Waals surface area contributed by atoms with E-state index in [4.69, 9.17) is 5.11 Å². The van der Waals surface area contributed by atoms with Crippen LogP contribution in [0.3, 0.4) is 0 Å². The van der Waals surface area contributed by atoms with Crippen LogP contribution in [-0.2, 0) is 25.7 Å². The number of carbonyl (C=O) groups is 1. The topological polar surface area (TPSA) is 101 Å². The molecule has 2 aromatic rings. The molecule has 8 nitrogen and oxygen atoms in total. The highest BCUT2D eigenvalue weighted by molar-refractivity contribution is 7.97. The number of carboxylic acids is 1. The Bertz CT molecular complexity index is 1770. The lowest BCUT2D eigenvalue weighted by molar-refractivity contribution is -0.401. The minimum Gasteiger partial charge on any atom is -0.481 e. The van der Waals surface area contributed by atoms with Crippen LogP contribution in [0.4, 0.5) is 11.4 Å². The zero-order chi connectivity index (χ0) is 33.4. The van der Waals surface area contributed by atoms with Gasteiger partial charge in [-0.2, -0.15) is 13.0 Å². The van der Waals surface area contributed by atoms with Gasteiger partial charge in [0.25, 0.3) is 10.1 Å². The van der Waals surface area contributed by atoms with Crippen LogP contribution >= 0.6 is 11.9 Å². The van der Waals surface area contributed by atoms with Crippen LogP contribution in [0.25, 0.3) is 0 Å². The van der Waals surface area contributed by atoms with Gasteiger partial charge < -0.3 is 10.0 Å². The molecule has 0 spiro atoms. The highest BCUT2D eigenvalue weighted by Crippen LogP contribution is 2.50. The summed E-state index contributed by atoms with van der Waals surface area (Å²) < 4.78 is 37.0. The van der Waals surface area contributed by atoms with Crippen molar-refractivity contribution < 1.29 is 27.4 Å². The molecule has 0 fully saturated rings. The number of rotatable bonds is 12. The first-order valence-electron chi connectivity index (χ1n) is 15.9. The predicted molar refractivity (Wildman–Crippen MR) is 187 cm³/mol. The second-order valence-corrected chi connectivity index (χ2v) is 16.4. The molecule has 46 heavy (non-hydrogen) atoms. The summed E-state index contributed by atoms with van der Waals surface area (Å²) in [7, 11) is 0.0479. The number of hydrogen-bond donors (Lipinski definition) is 2.